The predicted molar refractivity (Wildman–Crippen MR) is 68.4 cm³/mol. The molecule has 0 aliphatic heterocycles. The molecule has 4 heteroatoms. The number of hydrogen-bond donors (Lipinski definition) is 1. The molecule has 0 aromatic carbocycles. The Morgan fingerprint density at radius 1 is 1.19 bits per heavy atom. The molecule has 0 radical (unpaired) electrons. The molecule has 1 N–H and O–H groups in total. The van der Waals surface area contributed by atoms with Gasteiger partial charge in [0.25, 0.3) is 0 Å². The van der Waals surface area contributed by atoms with Gasteiger partial charge in [-0.05, 0) is 18.8 Å². The van der Waals surface area contributed by atoms with Gasteiger partial charge in [-0.25, -0.2) is 8.42 Å². The van der Waals surface area contributed by atoms with Crippen molar-refractivity contribution in [3.8, 4) is 0 Å². The average molecular weight is 247 g/mol. The SMILES string of the molecule is CC(C)CS(=O)(=O)CCNC1CCCCC1. The molecular weight excluding hydrogens is 222 g/mol. The van der Waals surface area contributed by atoms with Gasteiger partial charge in [0.15, 0.2) is 9.84 Å². The Kier molecular flexibility index (Phi) is 5.76. The molecule has 0 spiro atoms. The van der Waals surface area contributed by atoms with E-state index < -0.39 is 9.84 Å². The molecule has 0 atom stereocenters. The van der Waals surface area contributed by atoms with Crippen molar-refractivity contribution in [1.29, 1.82) is 0 Å². The predicted octanol–water partition coefficient (Wildman–Crippen LogP) is 1.98. The summed E-state index contributed by atoms with van der Waals surface area (Å²) in [6, 6.07) is 0.558. The van der Waals surface area contributed by atoms with Gasteiger partial charge < -0.3 is 5.32 Å². The zero-order valence-electron chi connectivity index (χ0n) is 10.5. The van der Waals surface area contributed by atoms with E-state index in [0.29, 0.717) is 24.1 Å². The third-order valence-corrected chi connectivity index (χ3v) is 5.04. The molecular formula is C12H25NO2S. The van der Waals surface area contributed by atoms with Crippen LogP contribution in [0.5, 0.6) is 0 Å². The van der Waals surface area contributed by atoms with Gasteiger partial charge in [-0.1, -0.05) is 33.1 Å². The Bertz CT molecular complexity index is 279. The second-order valence-electron chi connectivity index (χ2n) is 5.30. The summed E-state index contributed by atoms with van der Waals surface area (Å²) in [5, 5.41) is 3.37. The van der Waals surface area contributed by atoms with Crippen molar-refractivity contribution in [3.05, 3.63) is 0 Å². The van der Waals surface area contributed by atoms with Gasteiger partial charge in [-0.3, -0.25) is 0 Å². The topological polar surface area (TPSA) is 46.2 Å². The summed E-state index contributed by atoms with van der Waals surface area (Å²) in [6.07, 6.45) is 6.34. The van der Waals surface area contributed by atoms with Gasteiger partial charge in [-0.2, -0.15) is 0 Å². The molecule has 0 amide bonds. The third kappa shape index (κ3) is 5.85. The van der Waals surface area contributed by atoms with Crippen LogP contribution < -0.4 is 5.32 Å². The molecule has 0 unspecified atom stereocenters. The molecule has 0 aromatic heterocycles. The van der Waals surface area contributed by atoms with E-state index in [1.165, 1.54) is 32.1 Å². The molecule has 0 heterocycles. The van der Waals surface area contributed by atoms with E-state index >= 15 is 0 Å². The lowest BCUT2D eigenvalue weighted by atomic mass is 9.96. The fourth-order valence-corrected chi connectivity index (χ4v) is 3.93. The van der Waals surface area contributed by atoms with Crippen LogP contribution in [0.15, 0.2) is 0 Å². The molecule has 1 aliphatic carbocycles. The molecule has 0 saturated heterocycles. The van der Waals surface area contributed by atoms with Crippen molar-refractivity contribution in [2.75, 3.05) is 18.1 Å². The molecule has 1 rings (SSSR count). The van der Waals surface area contributed by atoms with Gasteiger partial charge in [0.2, 0.25) is 0 Å². The van der Waals surface area contributed by atoms with E-state index in [1.807, 2.05) is 13.8 Å². The van der Waals surface area contributed by atoms with Crippen LogP contribution in [0.3, 0.4) is 0 Å². The van der Waals surface area contributed by atoms with Gasteiger partial charge >= 0.3 is 0 Å². The van der Waals surface area contributed by atoms with Gasteiger partial charge in [-0.15, -0.1) is 0 Å². The second kappa shape index (κ2) is 6.60. The lowest BCUT2D eigenvalue weighted by molar-refractivity contribution is 0.380. The molecule has 1 saturated carbocycles. The van der Waals surface area contributed by atoms with Crippen LogP contribution in [0.1, 0.15) is 46.0 Å². The van der Waals surface area contributed by atoms with E-state index in [4.69, 9.17) is 0 Å². The molecule has 3 nitrogen and oxygen atoms in total. The normalized spacial score (nSPS) is 19.2. The first-order valence-corrected chi connectivity index (χ1v) is 8.25. The first-order valence-electron chi connectivity index (χ1n) is 6.43. The van der Waals surface area contributed by atoms with Crippen LogP contribution in [0.25, 0.3) is 0 Å². The molecule has 0 aromatic rings. The van der Waals surface area contributed by atoms with Gasteiger partial charge in [0.05, 0.1) is 11.5 Å². The first kappa shape index (κ1) is 14.0. The van der Waals surface area contributed by atoms with Crippen molar-refractivity contribution in [2.45, 2.75) is 52.0 Å². The van der Waals surface area contributed by atoms with Crippen molar-refractivity contribution in [3.63, 3.8) is 0 Å². The molecule has 1 fully saturated rings. The Hall–Kier alpha value is -0.0900. The molecule has 1 aliphatic rings. The smallest absolute Gasteiger partial charge is 0.151 e. The maximum absolute atomic E-state index is 11.6. The highest BCUT2D eigenvalue weighted by molar-refractivity contribution is 7.91. The first-order chi connectivity index (χ1) is 7.49. The minimum atomic E-state index is -2.84. The van der Waals surface area contributed by atoms with E-state index in [1.54, 1.807) is 0 Å². The van der Waals surface area contributed by atoms with E-state index in [0.717, 1.165) is 0 Å². The van der Waals surface area contributed by atoms with Gasteiger partial charge in [0, 0.05) is 12.6 Å². The fraction of sp³-hybridized carbons (Fsp3) is 1.00. The maximum Gasteiger partial charge on any atom is 0.151 e. The number of sulfone groups is 1. The Morgan fingerprint density at radius 2 is 1.81 bits per heavy atom. The van der Waals surface area contributed by atoms with Crippen LogP contribution in [0.4, 0.5) is 0 Å². The highest BCUT2D eigenvalue weighted by Gasteiger charge is 2.16. The van der Waals surface area contributed by atoms with E-state index in [-0.39, 0.29) is 5.92 Å². The summed E-state index contributed by atoms with van der Waals surface area (Å²) in [5.41, 5.74) is 0. The average Bonchev–Trinajstić information content (AvgIpc) is 2.16. The Morgan fingerprint density at radius 3 is 2.38 bits per heavy atom. The largest absolute Gasteiger partial charge is 0.313 e. The highest BCUT2D eigenvalue weighted by Crippen LogP contribution is 2.17. The summed E-state index contributed by atoms with van der Waals surface area (Å²) < 4.78 is 23.3. The summed E-state index contributed by atoms with van der Waals surface area (Å²) in [7, 11) is -2.84. The monoisotopic (exact) mass is 247 g/mol. The van der Waals surface area contributed by atoms with E-state index in [2.05, 4.69) is 5.32 Å². The number of nitrogens with one attached hydrogen (secondary N) is 1. The second-order valence-corrected chi connectivity index (χ2v) is 7.53. The lowest BCUT2D eigenvalue weighted by Gasteiger charge is -2.22. The minimum Gasteiger partial charge on any atom is -0.313 e. The van der Waals surface area contributed by atoms with Crippen molar-refractivity contribution in [2.24, 2.45) is 5.92 Å². The summed E-state index contributed by atoms with van der Waals surface area (Å²) >= 11 is 0. The maximum atomic E-state index is 11.6. The van der Waals surface area contributed by atoms with Crippen molar-refractivity contribution in [1.82, 2.24) is 5.32 Å². The highest BCUT2D eigenvalue weighted by atomic mass is 32.2. The van der Waals surface area contributed by atoms with E-state index in [9.17, 15) is 8.42 Å². The van der Waals surface area contributed by atoms with Crippen molar-refractivity contribution >= 4 is 9.84 Å². The van der Waals surface area contributed by atoms with Crippen molar-refractivity contribution < 1.29 is 8.42 Å². The van der Waals surface area contributed by atoms with Crippen LogP contribution in [0, 0.1) is 5.92 Å². The van der Waals surface area contributed by atoms with Crippen LogP contribution >= 0.6 is 0 Å². The molecule has 96 valence electrons. The molecule has 16 heavy (non-hydrogen) atoms. The summed E-state index contributed by atoms with van der Waals surface area (Å²) in [5.74, 6) is 0.848. The summed E-state index contributed by atoms with van der Waals surface area (Å²) in [6.45, 7) is 4.53. The fourth-order valence-electron chi connectivity index (χ4n) is 2.32. The Labute approximate surface area is 99.9 Å². The number of rotatable bonds is 6. The Balaban J connectivity index is 2.18. The third-order valence-electron chi connectivity index (χ3n) is 3.04. The molecule has 0 bridgehead atoms. The minimum absolute atomic E-state index is 0.236. The van der Waals surface area contributed by atoms with Crippen LogP contribution in [-0.4, -0.2) is 32.5 Å². The van der Waals surface area contributed by atoms with Crippen LogP contribution in [-0.2, 0) is 9.84 Å². The lowest BCUT2D eigenvalue weighted by Crippen LogP contribution is -2.35. The van der Waals surface area contributed by atoms with Gasteiger partial charge in [0.1, 0.15) is 0 Å². The zero-order chi connectivity index (χ0) is 12.0. The van der Waals surface area contributed by atoms with Crippen LogP contribution in [0.2, 0.25) is 0 Å². The quantitative estimate of drug-likeness (QED) is 0.780. The standard InChI is InChI=1S/C12H25NO2S/c1-11(2)10-16(14,15)9-8-13-12-6-4-3-5-7-12/h11-13H,3-10H2,1-2H3. The zero-order valence-corrected chi connectivity index (χ0v) is 11.4. The number of hydrogen-bond acceptors (Lipinski definition) is 3. The summed E-state index contributed by atoms with van der Waals surface area (Å²) in [4.78, 5) is 0.